The highest BCUT2D eigenvalue weighted by Crippen LogP contribution is 2.23. The monoisotopic (exact) mass is 278 g/mol. The molecule has 1 fully saturated rings. The molecule has 1 aromatic rings. The van der Waals surface area contributed by atoms with E-state index in [1.165, 1.54) is 0 Å². The Kier molecular flexibility index (Phi) is 3.78. The fourth-order valence-corrected chi connectivity index (χ4v) is 2.20. The van der Waals surface area contributed by atoms with E-state index in [0.29, 0.717) is 31.3 Å². The van der Waals surface area contributed by atoms with Gasteiger partial charge in [0.05, 0.1) is 0 Å². The van der Waals surface area contributed by atoms with E-state index >= 15 is 0 Å². The molecule has 20 heavy (non-hydrogen) atoms. The number of nitrogens with zero attached hydrogens (tertiary/aromatic N) is 4. The molecule has 0 bridgehead atoms. The maximum Gasteiger partial charge on any atom is 0.242 e. The van der Waals surface area contributed by atoms with E-state index in [0.717, 1.165) is 0 Å². The van der Waals surface area contributed by atoms with Crippen molar-refractivity contribution in [2.24, 2.45) is 0 Å². The maximum absolute atomic E-state index is 11.9. The second-order valence-corrected chi connectivity index (χ2v) is 5.98. The van der Waals surface area contributed by atoms with Crippen LogP contribution in [0.3, 0.4) is 0 Å². The zero-order chi connectivity index (χ0) is 14.9. The fraction of sp³-hybridized carbons (Fsp3) is 0.692. The summed E-state index contributed by atoms with van der Waals surface area (Å²) in [5, 5.41) is 2.86. The van der Waals surface area contributed by atoms with Gasteiger partial charge in [-0.2, -0.15) is 15.0 Å². The third-order valence-corrected chi connectivity index (χ3v) is 3.29. The van der Waals surface area contributed by atoms with Gasteiger partial charge in [0.1, 0.15) is 11.9 Å². The Hall–Kier alpha value is -1.92. The zero-order valence-corrected chi connectivity index (χ0v) is 12.5. The first-order chi connectivity index (χ1) is 9.32. The van der Waals surface area contributed by atoms with Crippen LogP contribution in [0.2, 0.25) is 0 Å². The number of nitrogens with one attached hydrogen (secondary N) is 1. The summed E-state index contributed by atoms with van der Waals surface area (Å²) < 4.78 is 0. The van der Waals surface area contributed by atoms with E-state index in [-0.39, 0.29) is 23.3 Å². The van der Waals surface area contributed by atoms with E-state index in [4.69, 9.17) is 5.73 Å². The van der Waals surface area contributed by atoms with Gasteiger partial charge in [-0.25, -0.2) is 0 Å². The van der Waals surface area contributed by atoms with Crippen LogP contribution in [-0.4, -0.2) is 40.0 Å². The summed E-state index contributed by atoms with van der Waals surface area (Å²) in [4.78, 5) is 26.7. The Labute approximate surface area is 119 Å². The Balaban J connectivity index is 2.41. The lowest BCUT2D eigenvalue weighted by Crippen LogP contribution is -2.55. The molecule has 2 heterocycles. The number of hydrogen-bond donors (Lipinski definition) is 2. The summed E-state index contributed by atoms with van der Waals surface area (Å²) in [6, 6.07) is -0.252. The minimum absolute atomic E-state index is 0.00930. The Morgan fingerprint density at radius 2 is 2.05 bits per heavy atom. The molecule has 1 aromatic heterocycles. The standard InChI is InChI=1S/C13H22N6O/c1-5-8-9(20)15-6-7-19(8)12-17-10(13(2,3)4)16-11(14)18-12/h8H,5-7H2,1-4H3,(H,15,20)(H2,14,16,17,18). The second kappa shape index (κ2) is 5.22. The van der Waals surface area contributed by atoms with Crippen LogP contribution in [0.4, 0.5) is 11.9 Å². The SMILES string of the molecule is CCC1C(=O)NCCN1c1nc(N)nc(C(C)(C)C)n1. The predicted octanol–water partition coefficient (Wildman–Crippen LogP) is 0.466. The smallest absolute Gasteiger partial charge is 0.242 e. The first-order valence-electron chi connectivity index (χ1n) is 6.89. The molecule has 0 aromatic carbocycles. The molecule has 1 aliphatic rings. The van der Waals surface area contributed by atoms with Crippen LogP contribution < -0.4 is 16.0 Å². The van der Waals surface area contributed by atoms with Gasteiger partial charge in [0, 0.05) is 18.5 Å². The molecule has 0 radical (unpaired) electrons. The molecule has 110 valence electrons. The average molecular weight is 278 g/mol. The number of anilines is 2. The number of nitrogens with two attached hydrogens (primary N) is 1. The van der Waals surface area contributed by atoms with Gasteiger partial charge in [-0.3, -0.25) is 4.79 Å². The van der Waals surface area contributed by atoms with Gasteiger partial charge in [-0.1, -0.05) is 27.7 Å². The number of aromatic nitrogens is 3. The molecule has 1 unspecified atom stereocenters. The van der Waals surface area contributed by atoms with Crippen molar-refractivity contribution in [3.8, 4) is 0 Å². The Morgan fingerprint density at radius 1 is 1.35 bits per heavy atom. The van der Waals surface area contributed by atoms with E-state index in [9.17, 15) is 4.79 Å². The molecule has 3 N–H and O–H groups in total. The summed E-state index contributed by atoms with van der Waals surface area (Å²) in [5.74, 6) is 1.33. The molecule has 1 saturated heterocycles. The Morgan fingerprint density at radius 3 is 2.65 bits per heavy atom. The van der Waals surface area contributed by atoms with Crippen LogP contribution in [0.25, 0.3) is 0 Å². The van der Waals surface area contributed by atoms with Crippen molar-refractivity contribution >= 4 is 17.8 Å². The van der Waals surface area contributed by atoms with E-state index in [1.54, 1.807) is 0 Å². The van der Waals surface area contributed by atoms with Crippen molar-refractivity contribution in [2.75, 3.05) is 23.7 Å². The molecule has 0 saturated carbocycles. The summed E-state index contributed by atoms with van der Waals surface area (Å²) >= 11 is 0. The van der Waals surface area contributed by atoms with E-state index in [2.05, 4.69) is 20.3 Å². The lowest BCUT2D eigenvalue weighted by Gasteiger charge is -2.34. The second-order valence-electron chi connectivity index (χ2n) is 5.98. The number of hydrogen-bond acceptors (Lipinski definition) is 6. The van der Waals surface area contributed by atoms with Crippen molar-refractivity contribution in [1.82, 2.24) is 20.3 Å². The highest BCUT2D eigenvalue weighted by molar-refractivity contribution is 5.85. The minimum Gasteiger partial charge on any atom is -0.368 e. The number of piperazine rings is 1. The van der Waals surface area contributed by atoms with Crippen LogP contribution in [0.5, 0.6) is 0 Å². The quantitative estimate of drug-likeness (QED) is 0.816. The number of carbonyl (C=O) groups is 1. The summed E-state index contributed by atoms with van der Waals surface area (Å²) in [5.41, 5.74) is 5.58. The minimum atomic E-state index is -0.252. The van der Waals surface area contributed by atoms with Gasteiger partial charge < -0.3 is 16.0 Å². The molecule has 2 rings (SSSR count). The molecule has 7 heteroatoms. The highest BCUT2D eigenvalue weighted by Gasteiger charge is 2.31. The van der Waals surface area contributed by atoms with Crippen molar-refractivity contribution in [1.29, 1.82) is 0 Å². The highest BCUT2D eigenvalue weighted by atomic mass is 16.2. The molecule has 0 spiro atoms. The van der Waals surface area contributed by atoms with Crippen molar-refractivity contribution < 1.29 is 4.79 Å². The van der Waals surface area contributed by atoms with Crippen molar-refractivity contribution in [2.45, 2.75) is 45.6 Å². The summed E-state index contributed by atoms with van der Waals surface area (Å²) in [6.07, 6.45) is 0.697. The predicted molar refractivity (Wildman–Crippen MR) is 77.4 cm³/mol. The van der Waals surface area contributed by atoms with Crippen molar-refractivity contribution in [3.05, 3.63) is 5.82 Å². The summed E-state index contributed by atoms with van der Waals surface area (Å²) in [7, 11) is 0. The molecule has 0 aliphatic carbocycles. The van der Waals surface area contributed by atoms with Crippen LogP contribution in [0.1, 0.15) is 39.9 Å². The largest absolute Gasteiger partial charge is 0.368 e. The first kappa shape index (κ1) is 14.5. The van der Waals surface area contributed by atoms with Gasteiger partial charge >= 0.3 is 0 Å². The number of rotatable bonds is 2. The zero-order valence-electron chi connectivity index (χ0n) is 12.5. The number of carbonyl (C=O) groups excluding carboxylic acids is 1. The van der Waals surface area contributed by atoms with Gasteiger partial charge in [0.25, 0.3) is 0 Å². The van der Waals surface area contributed by atoms with E-state index < -0.39 is 0 Å². The van der Waals surface area contributed by atoms with Crippen LogP contribution in [-0.2, 0) is 10.2 Å². The maximum atomic E-state index is 11.9. The van der Waals surface area contributed by atoms with Crippen LogP contribution >= 0.6 is 0 Å². The van der Waals surface area contributed by atoms with Gasteiger partial charge in [0.15, 0.2) is 0 Å². The number of nitrogen functional groups attached to an aromatic ring is 1. The molecule has 1 aliphatic heterocycles. The molecule has 7 nitrogen and oxygen atoms in total. The molecular weight excluding hydrogens is 256 g/mol. The third kappa shape index (κ3) is 2.81. The van der Waals surface area contributed by atoms with Gasteiger partial charge in [0.2, 0.25) is 17.8 Å². The van der Waals surface area contributed by atoms with Crippen LogP contribution in [0, 0.1) is 0 Å². The number of amides is 1. The molecule has 1 amide bonds. The van der Waals surface area contributed by atoms with Crippen molar-refractivity contribution in [3.63, 3.8) is 0 Å². The average Bonchev–Trinajstić information content (AvgIpc) is 2.36. The van der Waals surface area contributed by atoms with E-state index in [1.807, 2.05) is 32.6 Å². The molecule has 1 atom stereocenters. The lowest BCUT2D eigenvalue weighted by molar-refractivity contribution is -0.123. The topological polar surface area (TPSA) is 97.0 Å². The summed E-state index contributed by atoms with van der Waals surface area (Å²) in [6.45, 7) is 9.30. The van der Waals surface area contributed by atoms with Gasteiger partial charge in [-0.05, 0) is 6.42 Å². The normalized spacial score (nSPS) is 19.9. The van der Waals surface area contributed by atoms with Crippen LogP contribution in [0.15, 0.2) is 0 Å². The first-order valence-corrected chi connectivity index (χ1v) is 6.89. The third-order valence-electron chi connectivity index (χ3n) is 3.29. The van der Waals surface area contributed by atoms with Gasteiger partial charge in [-0.15, -0.1) is 0 Å². The fourth-order valence-electron chi connectivity index (χ4n) is 2.20. The lowest BCUT2D eigenvalue weighted by atomic mass is 9.96. The Bertz CT molecular complexity index is 510. The molecular formula is C13H22N6O.